The lowest BCUT2D eigenvalue weighted by molar-refractivity contribution is -0.147. The molecule has 36 heavy (non-hydrogen) atoms. The minimum absolute atomic E-state index is 0.0409. The van der Waals surface area contributed by atoms with Gasteiger partial charge in [-0.3, -0.25) is 14.9 Å². The van der Waals surface area contributed by atoms with Gasteiger partial charge in [-0.2, -0.15) is 0 Å². The molecule has 11 heteroatoms. The van der Waals surface area contributed by atoms with Gasteiger partial charge in [0.1, 0.15) is 31.3 Å². The molecule has 0 saturated carbocycles. The fourth-order valence-corrected chi connectivity index (χ4v) is 3.38. The maximum Gasteiger partial charge on any atom is 0.325 e. The molecule has 1 aliphatic heterocycles. The number of benzene rings is 2. The van der Waals surface area contributed by atoms with Gasteiger partial charge in [-0.25, -0.2) is 4.79 Å². The third-order valence-electron chi connectivity index (χ3n) is 5.25. The van der Waals surface area contributed by atoms with Crippen LogP contribution < -0.4 is 24.8 Å². The zero-order valence-electron chi connectivity index (χ0n) is 19.8. The maximum absolute atomic E-state index is 12.1. The van der Waals surface area contributed by atoms with Crippen molar-refractivity contribution in [3.63, 3.8) is 0 Å². The van der Waals surface area contributed by atoms with Crippen LogP contribution in [0.4, 0.5) is 10.5 Å². The lowest BCUT2D eigenvalue weighted by Gasteiger charge is -2.19. The van der Waals surface area contributed by atoms with Gasteiger partial charge in [-0.15, -0.1) is 0 Å². The largest absolute Gasteiger partial charge is 0.489 e. The summed E-state index contributed by atoms with van der Waals surface area (Å²) in [6.07, 6.45) is -0.0409. The maximum atomic E-state index is 12.1. The molecule has 11 nitrogen and oxygen atoms in total. The number of imide groups is 1. The minimum Gasteiger partial charge on any atom is -0.489 e. The van der Waals surface area contributed by atoms with Crippen LogP contribution in [0.2, 0.25) is 0 Å². The van der Waals surface area contributed by atoms with Crippen LogP contribution in [-0.4, -0.2) is 42.9 Å². The number of fused-ring (bicyclic) bond motifs is 1. The van der Waals surface area contributed by atoms with E-state index in [9.17, 15) is 14.4 Å². The zero-order valence-corrected chi connectivity index (χ0v) is 19.8. The number of rotatable bonds is 8. The highest BCUT2D eigenvalue weighted by Gasteiger charge is 2.15. The molecule has 188 valence electrons. The quantitative estimate of drug-likeness (QED) is 0.452. The number of carbonyl (C=O) groups is 3. The van der Waals surface area contributed by atoms with Gasteiger partial charge < -0.3 is 28.8 Å². The van der Waals surface area contributed by atoms with Crippen LogP contribution in [0.3, 0.4) is 0 Å². The lowest BCUT2D eigenvalue weighted by atomic mass is 10.1. The van der Waals surface area contributed by atoms with Crippen molar-refractivity contribution in [3.05, 3.63) is 65.0 Å². The van der Waals surface area contributed by atoms with Crippen LogP contribution in [-0.2, 0) is 27.4 Å². The van der Waals surface area contributed by atoms with Crippen molar-refractivity contribution in [2.75, 3.05) is 25.1 Å². The van der Waals surface area contributed by atoms with Crippen LogP contribution in [0, 0.1) is 13.8 Å². The van der Waals surface area contributed by atoms with Gasteiger partial charge in [0.15, 0.2) is 18.1 Å². The number of carbonyl (C=O) groups excluding carboxylic acids is 3. The van der Waals surface area contributed by atoms with E-state index in [1.54, 1.807) is 42.5 Å². The van der Waals surface area contributed by atoms with Crippen molar-refractivity contribution in [2.24, 2.45) is 0 Å². The summed E-state index contributed by atoms with van der Waals surface area (Å²) in [5.74, 6) is 1.03. The fraction of sp³-hybridized carbons (Fsp3) is 0.280. The van der Waals surface area contributed by atoms with Crippen molar-refractivity contribution >= 4 is 23.6 Å². The highest BCUT2D eigenvalue weighted by atomic mass is 16.6. The van der Waals surface area contributed by atoms with E-state index in [0.717, 1.165) is 11.3 Å². The van der Waals surface area contributed by atoms with Crippen LogP contribution in [0.15, 0.2) is 47.0 Å². The van der Waals surface area contributed by atoms with E-state index in [1.165, 1.54) is 0 Å². The second-order valence-corrected chi connectivity index (χ2v) is 7.93. The standard InChI is InChI=1S/C25H25N3O8/c1-15-20(16(2)36-28-15)13-34-19-6-3-17(4-7-19)11-24(30)35-14-23(29)27-25(31)26-18-5-8-21-22(12-18)33-10-9-32-21/h3-8,12H,9-11,13-14H2,1-2H3,(H2,26,27,29,31). The van der Waals surface area contributed by atoms with Crippen molar-refractivity contribution < 1.29 is 37.9 Å². The second-order valence-electron chi connectivity index (χ2n) is 7.93. The number of aryl methyl sites for hydroxylation is 2. The normalized spacial score (nSPS) is 11.9. The number of aromatic nitrogens is 1. The summed E-state index contributed by atoms with van der Waals surface area (Å²) in [4.78, 5) is 36.1. The topological polar surface area (TPSA) is 138 Å². The predicted octanol–water partition coefficient (Wildman–Crippen LogP) is 3.08. The first kappa shape index (κ1) is 24.6. The van der Waals surface area contributed by atoms with Crippen molar-refractivity contribution in [1.29, 1.82) is 0 Å². The fourth-order valence-electron chi connectivity index (χ4n) is 3.38. The molecule has 4 rings (SSSR count). The monoisotopic (exact) mass is 495 g/mol. The van der Waals surface area contributed by atoms with Gasteiger partial charge in [0.25, 0.3) is 5.91 Å². The molecule has 0 atom stereocenters. The molecule has 0 spiro atoms. The number of nitrogens with zero attached hydrogens (tertiary/aromatic N) is 1. The number of amides is 3. The molecule has 0 bridgehead atoms. The highest BCUT2D eigenvalue weighted by molar-refractivity contribution is 6.02. The number of esters is 1. The third-order valence-corrected chi connectivity index (χ3v) is 5.25. The van der Waals surface area contributed by atoms with E-state index in [1.807, 2.05) is 13.8 Å². The Morgan fingerprint density at radius 2 is 1.75 bits per heavy atom. The van der Waals surface area contributed by atoms with Gasteiger partial charge in [0.2, 0.25) is 0 Å². The smallest absolute Gasteiger partial charge is 0.325 e. The second kappa shape index (κ2) is 11.3. The molecule has 0 aliphatic carbocycles. The van der Waals surface area contributed by atoms with E-state index in [-0.39, 0.29) is 6.42 Å². The Balaban J connectivity index is 1.17. The molecule has 1 aromatic heterocycles. The zero-order chi connectivity index (χ0) is 25.5. The SMILES string of the molecule is Cc1noc(C)c1COc1ccc(CC(=O)OCC(=O)NC(=O)Nc2ccc3c(c2)OCCO3)cc1. The first-order valence-electron chi connectivity index (χ1n) is 11.2. The summed E-state index contributed by atoms with van der Waals surface area (Å²) in [6, 6.07) is 11.0. The molecule has 3 amide bonds. The Morgan fingerprint density at radius 1 is 1.00 bits per heavy atom. The highest BCUT2D eigenvalue weighted by Crippen LogP contribution is 2.32. The first-order valence-corrected chi connectivity index (χ1v) is 11.2. The molecule has 0 saturated heterocycles. The van der Waals surface area contributed by atoms with Gasteiger partial charge in [-0.05, 0) is 43.7 Å². The van der Waals surface area contributed by atoms with Crippen LogP contribution in [0.5, 0.6) is 17.2 Å². The Bertz CT molecular complexity index is 1230. The minimum atomic E-state index is -0.764. The van der Waals surface area contributed by atoms with E-state index in [4.69, 9.17) is 23.5 Å². The van der Waals surface area contributed by atoms with Crippen molar-refractivity contribution in [2.45, 2.75) is 26.9 Å². The molecule has 0 unspecified atom stereocenters. The Labute approximate surface area is 206 Å². The predicted molar refractivity (Wildman–Crippen MR) is 126 cm³/mol. The number of hydrogen-bond acceptors (Lipinski definition) is 9. The summed E-state index contributed by atoms with van der Waals surface area (Å²) >= 11 is 0. The van der Waals surface area contributed by atoms with Gasteiger partial charge >= 0.3 is 12.0 Å². The molecular weight excluding hydrogens is 470 g/mol. The molecule has 0 fully saturated rings. The lowest BCUT2D eigenvalue weighted by Crippen LogP contribution is -2.37. The molecule has 0 radical (unpaired) electrons. The number of hydrogen-bond donors (Lipinski definition) is 2. The van der Waals surface area contributed by atoms with E-state index in [0.29, 0.717) is 54.1 Å². The van der Waals surface area contributed by atoms with Gasteiger partial charge in [0.05, 0.1) is 17.7 Å². The van der Waals surface area contributed by atoms with Crippen molar-refractivity contribution in [1.82, 2.24) is 10.5 Å². The number of nitrogens with one attached hydrogen (secondary N) is 2. The molecule has 3 aromatic rings. The molecule has 2 heterocycles. The summed E-state index contributed by atoms with van der Waals surface area (Å²) in [6.45, 7) is 4.26. The van der Waals surface area contributed by atoms with E-state index >= 15 is 0 Å². The van der Waals surface area contributed by atoms with Crippen LogP contribution in [0.25, 0.3) is 0 Å². The summed E-state index contributed by atoms with van der Waals surface area (Å²) in [5, 5.41) is 8.50. The van der Waals surface area contributed by atoms with Gasteiger partial charge in [-0.1, -0.05) is 17.3 Å². The Hall–Kier alpha value is -4.54. The summed E-state index contributed by atoms with van der Waals surface area (Å²) in [7, 11) is 0. The number of anilines is 1. The molecular formula is C25H25N3O8. The van der Waals surface area contributed by atoms with Gasteiger partial charge in [0, 0.05) is 11.8 Å². The first-order chi connectivity index (χ1) is 17.4. The number of ether oxygens (including phenoxy) is 4. The Kier molecular flexibility index (Phi) is 7.69. The molecule has 2 N–H and O–H groups in total. The van der Waals surface area contributed by atoms with E-state index < -0.39 is 24.5 Å². The average Bonchev–Trinajstić information content (AvgIpc) is 3.19. The molecule has 2 aromatic carbocycles. The van der Waals surface area contributed by atoms with Crippen LogP contribution in [0.1, 0.15) is 22.6 Å². The average molecular weight is 495 g/mol. The third kappa shape index (κ3) is 6.53. The number of urea groups is 1. The van der Waals surface area contributed by atoms with Crippen LogP contribution >= 0.6 is 0 Å². The van der Waals surface area contributed by atoms with Crippen molar-refractivity contribution in [3.8, 4) is 17.2 Å². The summed E-state index contributed by atoms with van der Waals surface area (Å²) in [5.41, 5.74) is 2.76. The Morgan fingerprint density at radius 3 is 2.47 bits per heavy atom. The molecule has 1 aliphatic rings. The summed E-state index contributed by atoms with van der Waals surface area (Å²) < 4.78 is 26.7. The van der Waals surface area contributed by atoms with E-state index in [2.05, 4.69) is 15.8 Å².